The van der Waals surface area contributed by atoms with Gasteiger partial charge in [0.25, 0.3) is 0 Å². The summed E-state index contributed by atoms with van der Waals surface area (Å²) in [6, 6.07) is 14.2. The topological polar surface area (TPSA) is 95.9 Å². The van der Waals surface area contributed by atoms with Gasteiger partial charge in [-0.05, 0) is 48.9 Å². The second kappa shape index (κ2) is 8.41. The van der Waals surface area contributed by atoms with E-state index in [9.17, 15) is 19.5 Å². The van der Waals surface area contributed by atoms with Crippen molar-refractivity contribution in [1.82, 2.24) is 10.2 Å². The van der Waals surface area contributed by atoms with Crippen molar-refractivity contribution < 1.29 is 24.2 Å². The molecule has 0 aromatic heterocycles. The van der Waals surface area contributed by atoms with E-state index in [1.54, 1.807) is 6.92 Å². The summed E-state index contributed by atoms with van der Waals surface area (Å²) >= 11 is 0. The molecule has 1 unspecified atom stereocenters. The van der Waals surface area contributed by atoms with Gasteiger partial charge in [-0.3, -0.25) is 4.79 Å². The molecule has 1 saturated carbocycles. The van der Waals surface area contributed by atoms with Gasteiger partial charge in [0.1, 0.15) is 18.7 Å². The van der Waals surface area contributed by atoms with Crippen molar-refractivity contribution in [2.75, 3.05) is 6.61 Å². The van der Waals surface area contributed by atoms with Crippen molar-refractivity contribution in [3.8, 4) is 11.1 Å². The number of alkyl carbamates (subject to hydrolysis) is 1. The molecule has 0 heterocycles. The number of fused-ring (bicyclic) bond motifs is 3. The van der Waals surface area contributed by atoms with E-state index in [0.717, 1.165) is 35.1 Å². The molecule has 0 aliphatic heterocycles. The zero-order valence-electron chi connectivity index (χ0n) is 17.6. The van der Waals surface area contributed by atoms with Gasteiger partial charge in [-0.25, -0.2) is 9.59 Å². The molecule has 4 rings (SSSR count). The fourth-order valence-electron chi connectivity index (χ4n) is 4.26. The highest BCUT2D eigenvalue weighted by Gasteiger charge is 2.40. The Hall–Kier alpha value is -3.35. The molecule has 0 saturated heterocycles. The first-order valence-corrected chi connectivity index (χ1v) is 10.5. The minimum absolute atomic E-state index is 0.0702. The average molecular weight is 422 g/mol. The Labute approximate surface area is 181 Å². The molecule has 0 bridgehead atoms. The average Bonchev–Trinajstić information content (AvgIpc) is 3.54. The summed E-state index contributed by atoms with van der Waals surface area (Å²) in [5, 5.41) is 11.9. The standard InChI is InChI=1S/C24H26N2O5/c1-14(22(27)26(16-11-12-16)15(2)23(28)29)25-24(30)31-13-21-19-9-5-3-7-17(19)18-8-4-6-10-20(18)21/h3-10,14-16,21H,11-13H2,1-2H3,(H,25,30)(H,28,29)/t14-,15?/m0/s1. The van der Waals surface area contributed by atoms with E-state index in [4.69, 9.17) is 4.74 Å². The zero-order chi connectivity index (χ0) is 22.1. The van der Waals surface area contributed by atoms with Crippen LogP contribution in [-0.2, 0) is 14.3 Å². The van der Waals surface area contributed by atoms with Crippen LogP contribution in [-0.4, -0.2) is 52.7 Å². The smallest absolute Gasteiger partial charge is 0.407 e. The molecule has 2 aliphatic rings. The molecule has 7 heteroatoms. The third kappa shape index (κ3) is 4.13. The SMILES string of the molecule is CC(C(=O)O)N(C(=O)[C@H](C)NC(=O)OCC1c2ccccc2-c2ccccc21)C1CC1. The molecule has 2 atom stereocenters. The number of carbonyl (C=O) groups excluding carboxylic acids is 2. The lowest BCUT2D eigenvalue weighted by molar-refractivity contribution is -0.150. The Bertz CT molecular complexity index is 971. The van der Waals surface area contributed by atoms with Gasteiger partial charge in [-0.15, -0.1) is 0 Å². The Kier molecular flexibility index (Phi) is 5.67. The van der Waals surface area contributed by atoms with Gasteiger partial charge in [-0.2, -0.15) is 0 Å². The number of amides is 2. The number of benzene rings is 2. The van der Waals surface area contributed by atoms with E-state index < -0.39 is 30.1 Å². The zero-order valence-corrected chi connectivity index (χ0v) is 17.6. The number of aliphatic carboxylic acids is 1. The van der Waals surface area contributed by atoms with Gasteiger partial charge in [-0.1, -0.05) is 48.5 Å². The second-order valence-electron chi connectivity index (χ2n) is 8.18. The van der Waals surface area contributed by atoms with Crippen molar-refractivity contribution >= 4 is 18.0 Å². The molecule has 1 fully saturated rings. The van der Waals surface area contributed by atoms with Crippen LogP contribution in [0.1, 0.15) is 43.7 Å². The normalized spacial score (nSPS) is 16.6. The van der Waals surface area contributed by atoms with E-state index in [1.807, 2.05) is 36.4 Å². The molecule has 2 N–H and O–H groups in total. The molecule has 162 valence electrons. The quantitative estimate of drug-likeness (QED) is 0.713. The number of rotatable bonds is 7. The van der Waals surface area contributed by atoms with Crippen LogP contribution in [0, 0.1) is 0 Å². The minimum Gasteiger partial charge on any atom is -0.480 e. The van der Waals surface area contributed by atoms with Crippen molar-refractivity contribution in [1.29, 1.82) is 0 Å². The maximum absolute atomic E-state index is 12.8. The van der Waals surface area contributed by atoms with Crippen molar-refractivity contribution in [2.24, 2.45) is 0 Å². The van der Waals surface area contributed by atoms with E-state index in [2.05, 4.69) is 17.4 Å². The highest BCUT2D eigenvalue weighted by Crippen LogP contribution is 2.44. The molecule has 2 aromatic carbocycles. The molecule has 31 heavy (non-hydrogen) atoms. The van der Waals surface area contributed by atoms with Gasteiger partial charge < -0.3 is 20.1 Å². The van der Waals surface area contributed by atoms with Crippen LogP contribution in [0.2, 0.25) is 0 Å². The van der Waals surface area contributed by atoms with Crippen LogP contribution in [0.3, 0.4) is 0 Å². The predicted octanol–water partition coefficient (Wildman–Crippen LogP) is 3.38. The highest BCUT2D eigenvalue weighted by molar-refractivity contribution is 5.89. The van der Waals surface area contributed by atoms with Crippen LogP contribution in [0.4, 0.5) is 4.79 Å². The maximum Gasteiger partial charge on any atom is 0.407 e. The molecular weight excluding hydrogens is 396 g/mol. The van der Waals surface area contributed by atoms with Crippen molar-refractivity contribution in [3.05, 3.63) is 59.7 Å². The fourth-order valence-corrected chi connectivity index (χ4v) is 4.26. The molecular formula is C24H26N2O5. The summed E-state index contributed by atoms with van der Waals surface area (Å²) < 4.78 is 5.49. The fraction of sp³-hybridized carbons (Fsp3) is 0.375. The summed E-state index contributed by atoms with van der Waals surface area (Å²) in [6.45, 7) is 3.19. The van der Waals surface area contributed by atoms with Gasteiger partial charge in [0.15, 0.2) is 0 Å². The first-order chi connectivity index (χ1) is 14.9. The predicted molar refractivity (Wildman–Crippen MR) is 115 cm³/mol. The van der Waals surface area contributed by atoms with E-state index in [1.165, 1.54) is 11.8 Å². The maximum atomic E-state index is 12.8. The van der Waals surface area contributed by atoms with E-state index in [-0.39, 0.29) is 18.6 Å². The number of carboxylic acids is 1. The largest absolute Gasteiger partial charge is 0.480 e. The van der Waals surface area contributed by atoms with E-state index >= 15 is 0 Å². The lowest BCUT2D eigenvalue weighted by Crippen LogP contribution is -2.53. The van der Waals surface area contributed by atoms with Crippen molar-refractivity contribution in [2.45, 2.75) is 50.7 Å². The Morgan fingerprint density at radius 2 is 1.58 bits per heavy atom. The molecule has 0 radical (unpaired) electrons. The Morgan fingerprint density at radius 1 is 1.03 bits per heavy atom. The summed E-state index contributed by atoms with van der Waals surface area (Å²) in [5.41, 5.74) is 4.49. The first-order valence-electron chi connectivity index (χ1n) is 10.5. The summed E-state index contributed by atoms with van der Waals surface area (Å²) in [6.07, 6.45) is 0.864. The molecule has 2 amide bonds. The van der Waals surface area contributed by atoms with Gasteiger partial charge in [0.05, 0.1) is 0 Å². The van der Waals surface area contributed by atoms with Crippen LogP contribution in [0.25, 0.3) is 11.1 Å². The van der Waals surface area contributed by atoms with Gasteiger partial charge in [0.2, 0.25) is 5.91 Å². The Balaban J connectivity index is 1.39. The third-order valence-electron chi connectivity index (χ3n) is 6.02. The van der Waals surface area contributed by atoms with Crippen LogP contribution in [0.15, 0.2) is 48.5 Å². The number of nitrogens with one attached hydrogen (secondary N) is 1. The summed E-state index contributed by atoms with van der Waals surface area (Å²) in [7, 11) is 0. The summed E-state index contributed by atoms with van der Waals surface area (Å²) in [4.78, 5) is 37.9. The van der Waals surface area contributed by atoms with Gasteiger partial charge >= 0.3 is 12.1 Å². The van der Waals surface area contributed by atoms with Crippen LogP contribution >= 0.6 is 0 Å². The van der Waals surface area contributed by atoms with Crippen molar-refractivity contribution in [3.63, 3.8) is 0 Å². The molecule has 0 spiro atoms. The number of hydrogen-bond donors (Lipinski definition) is 2. The van der Waals surface area contributed by atoms with Crippen LogP contribution < -0.4 is 5.32 Å². The lowest BCUT2D eigenvalue weighted by Gasteiger charge is -2.29. The Morgan fingerprint density at radius 3 is 2.10 bits per heavy atom. The second-order valence-corrected chi connectivity index (χ2v) is 8.18. The number of nitrogens with zero attached hydrogens (tertiary/aromatic N) is 1. The monoisotopic (exact) mass is 422 g/mol. The number of carbonyl (C=O) groups is 3. The number of carboxylic acid groups (broad SMARTS) is 1. The number of hydrogen-bond acceptors (Lipinski definition) is 4. The summed E-state index contributed by atoms with van der Waals surface area (Å²) in [5.74, 6) is -1.54. The van der Waals surface area contributed by atoms with Crippen LogP contribution in [0.5, 0.6) is 0 Å². The molecule has 2 aromatic rings. The van der Waals surface area contributed by atoms with Gasteiger partial charge in [0, 0.05) is 12.0 Å². The minimum atomic E-state index is -1.06. The lowest BCUT2D eigenvalue weighted by atomic mass is 9.98. The first kappa shape index (κ1) is 20.9. The highest BCUT2D eigenvalue weighted by atomic mass is 16.5. The third-order valence-corrected chi connectivity index (χ3v) is 6.02. The number of ether oxygens (including phenoxy) is 1. The molecule has 2 aliphatic carbocycles. The molecule has 7 nitrogen and oxygen atoms in total. The van der Waals surface area contributed by atoms with E-state index in [0.29, 0.717) is 0 Å².